The van der Waals surface area contributed by atoms with Crippen molar-refractivity contribution in [3.05, 3.63) is 11.8 Å². The lowest BCUT2D eigenvalue weighted by Gasteiger charge is -2.44. The molecule has 0 saturated carbocycles. The van der Waals surface area contributed by atoms with Crippen LogP contribution in [0.25, 0.3) is 5.57 Å². The maximum Gasteiger partial charge on any atom is 0.512 e. The minimum atomic E-state index is -0.586. The lowest BCUT2D eigenvalue weighted by atomic mass is 10.0. The van der Waals surface area contributed by atoms with Gasteiger partial charge in [-0.05, 0) is 12.8 Å². The lowest BCUT2D eigenvalue weighted by Crippen LogP contribution is -2.58. The van der Waals surface area contributed by atoms with Gasteiger partial charge in [0.1, 0.15) is 12.2 Å². The Kier molecular flexibility index (Phi) is 10.0. The molecule has 0 radical (unpaired) electrons. The highest BCUT2D eigenvalue weighted by Gasteiger charge is 2.41. The zero-order chi connectivity index (χ0) is 22.0. The SMILES string of the molecule is CCCCCCOc1nsnc1C1=CCC[N+](C)(C(OC(=O)OCCC)C(C)C)C1. The summed E-state index contributed by atoms with van der Waals surface area (Å²) in [7, 11) is 2.13. The number of hydrogen-bond acceptors (Lipinski definition) is 7. The van der Waals surface area contributed by atoms with Crippen LogP contribution < -0.4 is 4.74 Å². The molecule has 1 aromatic rings. The first-order chi connectivity index (χ1) is 14.4. The molecule has 1 aliphatic heterocycles. The molecular weight excluding hydrogens is 402 g/mol. The molecule has 2 heterocycles. The van der Waals surface area contributed by atoms with Gasteiger partial charge < -0.3 is 14.2 Å². The highest BCUT2D eigenvalue weighted by atomic mass is 32.1. The van der Waals surface area contributed by atoms with Crippen molar-refractivity contribution in [3.8, 4) is 5.88 Å². The Morgan fingerprint density at radius 3 is 2.67 bits per heavy atom. The van der Waals surface area contributed by atoms with Gasteiger partial charge in [-0.3, -0.25) is 4.48 Å². The highest BCUT2D eigenvalue weighted by molar-refractivity contribution is 6.99. The van der Waals surface area contributed by atoms with Crippen LogP contribution in [-0.4, -0.2) is 59.0 Å². The van der Waals surface area contributed by atoms with Crippen molar-refractivity contribution >= 4 is 23.5 Å². The van der Waals surface area contributed by atoms with Gasteiger partial charge >= 0.3 is 6.16 Å². The Bertz CT molecular complexity index is 692. The average molecular weight is 441 g/mol. The van der Waals surface area contributed by atoms with Crippen LogP contribution >= 0.6 is 11.7 Å². The van der Waals surface area contributed by atoms with Gasteiger partial charge in [0.15, 0.2) is 0 Å². The molecule has 2 atom stereocenters. The van der Waals surface area contributed by atoms with Gasteiger partial charge in [0.25, 0.3) is 5.88 Å². The van der Waals surface area contributed by atoms with Gasteiger partial charge in [-0.2, -0.15) is 4.37 Å². The molecule has 30 heavy (non-hydrogen) atoms. The largest absolute Gasteiger partial charge is 0.512 e. The van der Waals surface area contributed by atoms with Gasteiger partial charge in [-0.15, -0.1) is 4.37 Å². The van der Waals surface area contributed by atoms with E-state index in [9.17, 15) is 4.79 Å². The number of aromatic nitrogens is 2. The summed E-state index contributed by atoms with van der Waals surface area (Å²) in [6, 6.07) is 0. The van der Waals surface area contributed by atoms with E-state index in [1.54, 1.807) is 0 Å². The second-order valence-electron chi connectivity index (χ2n) is 8.56. The quantitative estimate of drug-likeness (QED) is 0.250. The molecule has 0 aliphatic carbocycles. The number of quaternary nitrogens is 1. The third kappa shape index (κ3) is 6.94. The van der Waals surface area contributed by atoms with Crippen molar-refractivity contribution in [2.75, 3.05) is 33.4 Å². The van der Waals surface area contributed by atoms with E-state index in [-0.39, 0.29) is 12.1 Å². The monoisotopic (exact) mass is 440 g/mol. The van der Waals surface area contributed by atoms with Gasteiger partial charge in [0.2, 0.25) is 6.23 Å². The summed E-state index contributed by atoms with van der Waals surface area (Å²) in [5, 5.41) is 0. The van der Waals surface area contributed by atoms with Crippen LogP contribution in [0.3, 0.4) is 0 Å². The molecule has 0 N–H and O–H groups in total. The molecule has 0 amide bonds. The predicted molar refractivity (Wildman–Crippen MR) is 119 cm³/mol. The van der Waals surface area contributed by atoms with E-state index in [1.807, 2.05) is 6.92 Å². The van der Waals surface area contributed by atoms with Gasteiger partial charge in [-0.25, -0.2) is 4.79 Å². The summed E-state index contributed by atoms with van der Waals surface area (Å²) in [6.07, 6.45) is 7.63. The number of hydrogen-bond donors (Lipinski definition) is 0. The first-order valence-electron chi connectivity index (χ1n) is 11.2. The Labute approximate surface area is 185 Å². The van der Waals surface area contributed by atoms with Crippen LogP contribution in [0.5, 0.6) is 5.88 Å². The Morgan fingerprint density at radius 1 is 1.17 bits per heavy atom. The molecular formula is C22H38N3O4S+. The van der Waals surface area contributed by atoms with Crippen molar-refractivity contribution in [3.63, 3.8) is 0 Å². The molecule has 0 bridgehead atoms. The lowest BCUT2D eigenvalue weighted by molar-refractivity contribution is -0.950. The maximum atomic E-state index is 12.1. The Morgan fingerprint density at radius 2 is 1.97 bits per heavy atom. The van der Waals surface area contributed by atoms with E-state index >= 15 is 0 Å². The number of carbonyl (C=O) groups excluding carboxylic acids is 1. The summed E-state index contributed by atoms with van der Waals surface area (Å²) < 4.78 is 26.4. The second-order valence-corrected chi connectivity index (χ2v) is 9.09. The van der Waals surface area contributed by atoms with Gasteiger partial charge in [-0.1, -0.05) is 53.0 Å². The molecule has 7 nitrogen and oxygen atoms in total. The maximum absolute atomic E-state index is 12.1. The van der Waals surface area contributed by atoms with E-state index in [2.05, 4.69) is 42.6 Å². The van der Waals surface area contributed by atoms with E-state index in [0.29, 0.717) is 30.1 Å². The number of ether oxygens (including phenoxy) is 3. The molecule has 0 fully saturated rings. The van der Waals surface area contributed by atoms with Crippen molar-refractivity contribution in [1.29, 1.82) is 0 Å². The fourth-order valence-corrected chi connectivity index (χ4v) is 4.46. The third-order valence-electron chi connectivity index (χ3n) is 5.39. The van der Waals surface area contributed by atoms with Crippen molar-refractivity contribution in [1.82, 2.24) is 8.75 Å². The molecule has 1 aromatic heterocycles. The first-order valence-corrected chi connectivity index (χ1v) is 12.0. The molecule has 0 saturated heterocycles. The van der Waals surface area contributed by atoms with Crippen LogP contribution in [0.1, 0.15) is 71.9 Å². The van der Waals surface area contributed by atoms with E-state index in [0.717, 1.165) is 37.1 Å². The van der Waals surface area contributed by atoms with Gasteiger partial charge in [0.05, 0.1) is 38.5 Å². The van der Waals surface area contributed by atoms with E-state index < -0.39 is 6.16 Å². The smallest absolute Gasteiger partial charge is 0.475 e. The Balaban J connectivity index is 2.06. The molecule has 2 rings (SSSR count). The van der Waals surface area contributed by atoms with E-state index in [1.165, 1.54) is 31.0 Å². The predicted octanol–water partition coefficient (Wildman–Crippen LogP) is 5.28. The summed E-state index contributed by atoms with van der Waals surface area (Å²) in [6.45, 7) is 11.0. The fraction of sp³-hybridized carbons (Fsp3) is 0.773. The average Bonchev–Trinajstić information content (AvgIpc) is 3.18. The topological polar surface area (TPSA) is 70.5 Å². The summed E-state index contributed by atoms with van der Waals surface area (Å²) in [5.74, 6) is 0.784. The summed E-state index contributed by atoms with van der Waals surface area (Å²) in [5.41, 5.74) is 1.94. The molecule has 0 spiro atoms. The third-order valence-corrected chi connectivity index (χ3v) is 5.90. The summed E-state index contributed by atoms with van der Waals surface area (Å²) >= 11 is 1.18. The zero-order valence-corrected chi connectivity index (χ0v) is 20.0. The number of unbranched alkanes of at least 4 members (excludes halogenated alkanes) is 3. The van der Waals surface area contributed by atoms with Crippen molar-refractivity contribution in [2.24, 2.45) is 5.92 Å². The standard InChI is InChI=1S/C22H38N3O4S/c1-6-8-9-10-15-27-20-19(23-30-24-20)18-12-11-13-25(5,16-18)21(17(3)4)29-22(26)28-14-7-2/h12,17,21H,6-11,13-16H2,1-5H3/q+1. The molecule has 0 aromatic carbocycles. The number of likely N-dealkylation sites (N-methyl/N-ethyl adjacent to an activating group) is 1. The van der Waals surface area contributed by atoms with Crippen LogP contribution in [0.4, 0.5) is 4.79 Å². The number of carbonyl (C=O) groups is 1. The second kappa shape index (κ2) is 12.2. The molecule has 8 heteroatoms. The molecule has 1 aliphatic rings. The normalized spacial score (nSPS) is 20.0. The van der Waals surface area contributed by atoms with Crippen LogP contribution in [0.2, 0.25) is 0 Å². The summed E-state index contributed by atoms with van der Waals surface area (Å²) in [4.78, 5) is 12.1. The van der Waals surface area contributed by atoms with Gasteiger partial charge in [0, 0.05) is 17.9 Å². The van der Waals surface area contributed by atoms with Crippen LogP contribution in [0, 0.1) is 5.92 Å². The minimum Gasteiger partial charge on any atom is -0.475 e. The number of nitrogens with zero attached hydrogens (tertiary/aromatic N) is 3. The van der Waals surface area contributed by atoms with Crippen LogP contribution in [0.15, 0.2) is 6.08 Å². The van der Waals surface area contributed by atoms with Crippen molar-refractivity contribution in [2.45, 2.75) is 72.4 Å². The first kappa shape index (κ1) is 24.6. The Hall–Kier alpha value is -1.67. The zero-order valence-electron chi connectivity index (χ0n) is 19.2. The molecule has 2 unspecified atom stereocenters. The van der Waals surface area contributed by atoms with E-state index in [4.69, 9.17) is 14.2 Å². The van der Waals surface area contributed by atoms with Crippen molar-refractivity contribution < 1.29 is 23.5 Å². The highest BCUT2D eigenvalue weighted by Crippen LogP contribution is 2.33. The molecule has 170 valence electrons. The van der Waals surface area contributed by atoms with Crippen LogP contribution in [-0.2, 0) is 9.47 Å². The minimum absolute atomic E-state index is 0.159. The fourth-order valence-electron chi connectivity index (χ4n) is 3.93. The number of rotatable bonds is 12.